The number of aryl methyl sites for hydroxylation is 4. The van der Waals surface area contributed by atoms with Gasteiger partial charge in [0, 0.05) is 44.7 Å². The molecule has 3 heterocycles. The van der Waals surface area contributed by atoms with Crippen LogP contribution in [0.2, 0.25) is 0 Å². The standard InChI is InChI=1S/C15H19N7O2/c1-9-11(10(2)24-20-9)8-17-15(23)18-13-7-12(19-22(13)4)14-16-5-6-21(14)3/h5-7H,8H2,1-4H3,(H2,17,18,23). The third-order valence-corrected chi connectivity index (χ3v) is 3.78. The third-order valence-electron chi connectivity index (χ3n) is 3.78. The molecule has 0 aliphatic carbocycles. The Morgan fingerprint density at radius 1 is 1.33 bits per heavy atom. The number of amides is 2. The summed E-state index contributed by atoms with van der Waals surface area (Å²) in [5.74, 6) is 2.00. The Bertz CT molecular complexity index is 855. The quantitative estimate of drug-likeness (QED) is 0.759. The van der Waals surface area contributed by atoms with Gasteiger partial charge in [-0.2, -0.15) is 5.10 Å². The van der Waals surface area contributed by atoms with Gasteiger partial charge in [-0.15, -0.1) is 0 Å². The molecule has 3 rings (SSSR count). The van der Waals surface area contributed by atoms with Crippen molar-refractivity contribution in [1.29, 1.82) is 0 Å². The predicted molar refractivity (Wildman–Crippen MR) is 87.2 cm³/mol. The summed E-state index contributed by atoms with van der Waals surface area (Å²) in [6.07, 6.45) is 3.54. The van der Waals surface area contributed by atoms with Gasteiger partial charge in [0.25, 0.3) is 0 Å². The number of anilines is 1. The first kappa shape index (κ1) is 15.8. The first-order chi connectivity index (χ1) is 11.5. The molecule has 24 heavy (non-hydrogen) atoms. The fourth-order valence-corrected chi connectivity index (χ4v) is 2.39. The van der Waals surface area contributed by atoms with Gasteiger partial charge in [0.1, 0.15) is 17.3 Å². The fraction of sp³-hybridized carbons (Fsp3) is 0.333. The molecular weight excluding hydrogens is 310 g/mol. The second kappa shape index (κ2) is 6.19. The molecule has 0 saturated heterocycles. The summed E-state index contributed by atoms with van der Waals surface area (Å²) in [6.45, 7) is 4.00. The van der Waals surface area contributed by atoms with Crippen molar-refractivity contribution >= 4 is 11.8 Å². The largest absolute Gasteiger partial charge is 0.361 e. The number of carbonyl (C=O) groups is 1. The Morgan fingerprint density at radius 3 is 2.75 bits per heavy atom. The molecule has 0 aromatic carbocycles. The summed E-state index contributed by atoms with van der Waals surface area (Å²) < 4.78 is 8.54. The molecule has 0 saturated carbocycles. The maximum Gasteiger partial charge on any atom is 0.320 e. The van der Waals surface area contributed by atoms with E-state index in [0.29, 0.717) is 23.8 Å². The van der Waals surface area contributed by atoms with Crippen LogP contribution in [0.4, 0.5) is 10.6 Å². The molecule has 2 amide bonds. The summed E-state index contributed by atoms with van der Waals surface area (Å²) >= 11 is 0. The highest BCUT2D eigenvalue weighted by Crippen LogP contribution is 2.19. The van der Waals surface area contributed by atoms with E-state index in [0.717, 1.165) is 17.1 Å². The number of aromatic nitrogens is 5. The van der Waals surface area contributed by atoms with Crippen LogP contribution < -0.4 is 10.6 Å². The first-order valence-electron chi connectivity index (χ1n) is 7.44. The highest BCUT2D eigenvalue weighted by molar-refractivity contribution is 5.88. The van der Waals surface area contributed by atoms with Crippen LogP contribution in [0, 0.1) is 13.8 Å². The molecule has 0 aliphatic rings. The Kier molecular flexibility index (Phi) is 4.07. The third kappa shape index (κ3) is 3.00. The lowest BCUT2D eigenvalue weighted by molar-refractivity contribution is 0.251. The van der Waals surface area contributed by atoms with Crippen LogP contribution in [0.25, 0.3) is 11.5 Å². The van der Waals surface area contributed by atoms with E-state index in [9.17, 15) is 4.79 Å². The smallest absolute Gasteiger partial charge is 0.320 e. The van der Waals surface area contributed by atoms with Gasteiger partial charge in [-0.05, 0) is 13.8 Å². The van der Waals surface area contributed by atoms with Crippen LogP contribution in [0.5, 0.6) is 0 Å². The second-order valence-electron chi connectivity index (χ2n) is 5.51. The van der Waals surface area contributed by atoms with Crippen LogP contribution in [-0.2, 0) is 20.6 Å². The number of nitrogens with one attached hydrogen (secondary N) is 2. The Morgan fingerprint density at radius 2 is 2.12 bits per heavy atom. The van der Waals surface area contributed by atoms with Crippen LogP contribution in [-0.4, -0.2) is 30.5 Å². The maximum absolute atomic E-state index is 12.1. The molecule has 3 aromatic rings. The average molecular weight is 329 g/mol. The van der Waals surface area contributed by atoms with E-state index in [4.69, 9.17) is 4.52 Å². The lowest BCUT2D eigenvalue weighted by Crippen LogP contribution is -2.29. The zero-order chi connectivity index (χ0) is 17.3. The number of nitrogens with zero attached hydrogens (tertiary/aromatic N) is 5. The van der Waals surface area contributed by atoms with Crippen molar-refractivity contribution in [3.63, 3.8) is 0 Å². The molecule has 9 nitrogen and oxygen atoms in total. The van der Waals surface area contributed by atoms with Crippen molar-refractivity contribution in [1.82, 2.24) is 29.8 Å². The average Bonchev–Trinajstić information content (AvgIpc) is 3.19. The van der Waals surface area contributed by atoms with Crippen molar-refractivity contribution in [3.05, 3.63) is 35.5 Å². The van der Waals surface area contributed by atoms with E-state index in [1.165, 1.54) is 0 Å². The minimum atomic E-state index is -0.329. The van der Waals surface area contributed by atoms with E-state index in [1.807, 2.05) is 31.7 Å². The number of imidazole rings is 1. The number of hydrogen-bond acceptors (Lipinski definition) is 5. The van der Waals surface area contributed by atoms with Crippen molar-refractivity contribution in [2.75, 3.05) is 5.32 Å². The van der Waals surface area contributed by atoms with Gasteiger partial charge in [-0.1, -0.05) is 5.16 Å². The maximum atomic E-state index is 12.1. The zero-order valence-corrected chi connectivity index (χ0v) is 14.0. The molecule has 0 bridgehead atoms. The van der Waals surface area contributed by atoms with Gasteiger partial charge in [-0.25, -0.2) is 9.78 Å². The normalized spacial score (nSPS) is 10.8. The molecule has 2 N–H and O–H groups in total. The summed E-state index contributed by atoms with van der Waals surface area (Å²) in [4.78, 5) is 16.4. The number of rotatable bonds is 4. The Labute approximate surface area is 138 Å². The van der Waals surface area contributed by atoms with Gasteiger partial charge in [-0.3, -0.25) is 10.00 Å². The fourth-order valence-electron chi connectivity index (χ4n) is 2.39. The highest BCUT2D eigenvalue weighted by atomic mass is 16.5. The molecule has 0 radical (unpaired) electrons. The van der Waals surface area contributed by atoms with E-state index in [1.54, 1.807) is 24.0 Å². The number of hydrogen-bond donors (Lipinski definition) is 2. The van der Waals surface area contributed by atoms with Crippen LogP contribution >= 0.6 is 0 Å². The van der Waals surface area contributed by atoms with Gasteiger partial charge in [0.15, 0.2) is 5.82 Å². The van der Waals surface area contributed by atoms with Crippen molar-refractivity contribution in [2.24, 2.45) is 14.1 Å². The van der Waals surface area contributed by atoms with Crippen LogP contribution in [0.15, 0.2) is 23.0 Å². The highest BCUT2D eigenvalue weighted by Gasteiger charge is 2.14. The summed E-state index contributed by atoms with van der Waals surface area (Å²) in [6, 6.07) is 1.45. The lowest BCUT2D eigenvalue weighted by Gasteiger charge is -2.07. The van der Waals surface area contributed by atoms with Gasteiger partial charge in [0.05, 0.1) is 5.69 Å². The van der Waals surface area contributed by atoms with E-state index < -0.39 is 0 Å². The van der Waals surface area contributed by atoms with E-state index >= 15 is 0 Å². The van der Waals surface area contributed by atoms with Crippen molar-refractivity contribution in [3.8, 4) is 11.5 Å². The van der Waals surface area contributed by atoms with Crippen LogP contribution in [0.3, 0.4) is 0 Å². The van der Waals surface area contributed by atoms with Crippen molar-refractivity contribution < 1.29 is 9.32 Å². The number of carbonyl (C=O) groups excluding carboxylic acids is 1. The van der Waals surface area contributed by atoms with Gasteiger partial charge >= 0.3 is 6.03 Å². The summed E-state index contributed by atoms with van der Waals surface area (Å²) in [7, 11) is 3.65. The second-order valence-corrected chi connectivity index (χ2v) is 5.51. The molecule has 0 atom stereocenters. The van der Waals surface area contributed by atoms with Crippen LogP contribution in [0.1, 0.15) is 17.0 Å². The summed E-state index contributed by atoms with van der Waals surface area (Å²) in [5.41, 5.74) is 2.33. The molecule has 0 unspecified atom stereocenters. The summed E-state index contributed by atoms with van der Waals surface area (Å²) in [5, 5.41) is 13.8. The first-order valence-corrected chi connectivity index (χ1v) is 7.44. The van der Waals surface area contributed by atoms with Crippen molar-refractivity contribution in [2.45, 2.75) is 20.4 Å². The minimum absolute atomic E-state index is 0.329. The number of urea groups is 1. The Balaban J connectivity index is 1.67. The lowest BCUT2D eigenvalue weighted by atomic mass is 10.2. The topological polar surface area (TPSA) is 103 Å². The Hall–Kier alpha value is -3.10. The molecule has 0 aliphatic heterocycles. The molecule has 3 aromatic heterocycles. The molecule has 0 fully saturated rings. The van der Waals surface area contributed by atoms with Gasteiger partial charge < -0.3 is 14.4 Å². The van der Waals surface area contributed by atoms with E-state index in [-0.39, 0.29) is 6.03 Å². The zero-order valence-electron chi connectivity index (χ0n) is 14.0. The molecular formula is C15H19N7O2. The molecule has 126 valence electrons. The minimum Gasteiger partial charge on any atom is -0.361 e. The monoisotopic (exact) mass is 329 g/mol. The van der Waals surface area contributed by atoms with E-state index in [2.05, 4.69) is 25.9 Å². The molecule has 9 heteroatoms. The molecule has 0 spiro atoms. The predicted octanol–water partition coefficient (Wildman–Crippen LogP) is 1.75. The SMILES string of the molecule is Cc1noc(C)c1CNC(=O)Nc1cc(-c2nccn2C)nn1C. The van der Waals surface area contributed by atoms with Gasteiger partial charge in [0.2, 0.25) is 0 Å².